The second-order valence-corrected chi connectivity index (χ2v) is 8.71. The molecule has 1 amide bonds. The molecule has 0 spiro atoms. The molecule has 192 valence electrons. The van der Waals surface area contributed by atoms with Gasteiger partial charge in [-0.25, -0.2) is 0 Å². The van der Waals surface area contributed by atoms with Crippen LogP contribution in [0.4, 0.5) is 0 Å². The zero-order chi connectivity index (χ0) is 26.4. The molecule has 0 radical (unpaired) electrons. The monoisotopic (exact) mass is 501 g/mol. The first-order valence-corrected chi connectivity index (χ1v) is 12.3. The molecule has 1 heterocycles. The molecule has 37 heavy (non-hydrogen) atoms. The SMILES string of the molecule is CCCOc1cccc(/C(O)=C2/C(=O)C(=O)N(CCc3ccc(OC)cc3)C2c2ccccc2OC)c1. The van der Waals surface area contributed by atoms with Crippen molar-refractivity contribution in [2.45, 2.75) is 25.8 Å². The van der Waals surface area contributed by atoms with Gasteiger partial charge in [-0.1, -0.05) is 49.4 Å². The summed E-state index contributed by atoms with van der Waals surface area (Å²) in [5.41, 5.74) is 2.04. The molecule has 3 aromatic rings. The number of ketones is 1. The van der Waals surface area contributed by atoms with Crippen LogP contribution in [0.2, 0.25) is 0 Å². The van der Waals surface area contributed by atoms with Crippen molar-refractivity contribution in [3.8, 4) is 17.2 Å². The Morgan fingerprint density at radius 2 is 1.68 bits per heavy atom. The average Bonchev–Trinajstić information content (AvgIpc) is 3.19. The first-order chi connectivity index (χ1) is 18.0. The molecule has 1 atom stereocenters. The van der Waals surface area contributed by atoms with Crippen molar-refractivity contribution in [2.75, 3.05) is 27.4 Å². The van der Waals surface area contributed by atoms with E-state index in [4.69, 9.17) is 14.2 Å². The highest BCUT2D eigenvalue weighted by Crippen LogP contribution is 2.42. The van der Waals surface area contributed by atoms with Crippen molar-refractivity contribution in [1.82, 2.24) is 4.90 Å². The zero-order valence-corrected chi connectivity index (χ0v) is 21.3. The fraction of sp³-hybridized carbons (Fsp3) is 0.267. The highest BCUT2D eigenvalue weighted by Gasteiger charge is 2.46. The first-order valence-electron chi connectivity index (χ1n) is 12.3. The normalized spacial score (nSPS) is 16.6. The molecule has 1 aliphatic rings. The molecular weight excluding hydrogens is 470 g/mol. The van der Waals surface area contributed by atoms with Crippen molar-refractivity contribution < 1.29 is 28.9 Å². The maximum absolute atomic E-state index is 13.4. The van der Waals surface area contributed by atoms with Gasteiger partial charge in [-0.05, 0) is 48.7 Å². The van der Waals surface area contributed by atoms with Gasteiger partial charge in [0.15, 0.2) is 0 Å². The number of benzene rings is 3. The van der Waals surface area contributed by atoms with Crippen LogP contribution in [0, 0.1) is 0 Å². The van der Waals surface area contributed by atoms with E-state index in [1.165, 1.54) is 12.0 Å². The van der Waals surface area contributed by atoms with E-state index in [-0.39, 0.29) is 17.9 Å². The van der Waals surface area contributed by atoms with Crippen LogP contribution >= 0.6 is 0 Å². The average molecular weight is 502 g/mol. The zero-order valence-electron chi connectivity index (χ0n) is 21.3. The van der Waals surface area contributed by atoms with Crippen molar-refractivity contribution >= 4 is 17.4 Å². The molecule has 1 saturated heterocycles. The van der Waals surface area contributed by atoms with Crippen molar-refractivity contribution in [2.24, 2.45) is 0 Å². The Hall–Kier alpha value is -4.26. The lowest BCUT2D eigenvalue weighted by molar-refractivity contribution is -0.139. The number of amides is 1. The number of para-hydroxylation sites is 1. The van der Waals surface area contributed by atoms with Gasteiger partial charge in [0, 0.05) is 17.7 Å². The minimum absolute atomic E-state index is 0.0249. The Morgan fingerprint density at radius 3 is 2.38 bits per heavy atom. The number of carbonyl (C=O) groups excluding carboxylic acids is 2. The lowest BCUT2D eigenvalue weighted by Gasteiger charge is -2.26. The largest absolute Gasteiger partial charge is 0.507 e. The van der Waals surface area contributed by atoms with E-state index in [1.807, 2.05) is 49.4 Å². The van der Waals surface area contributed by atoms with Gasteiger partial charge in [0.25, 0.3) is 11.7 Å². The van der Waals surface area contributed by atoms with Gasteiger partial charge >= 0.3 is 0 Å². The second kappa shape index (κ2) is 11.6. The lowest BCUT2D eigenvalue weighted by Crippen LogP contribution is -2.31. The van der Waals surface area contributed by atoms with Gasteiger partial charge in [0.1, 0.15) is 23.0 Å². The lowest BCUT2D eigenvalue weighted by atomic mass is 9.94. The summed E-state index contributed by atoms with van der Waals surface area (Å²) in [6.07, 6.45) is 1.35. The van der Waals surface area contributed by atoms with Crippen LogP contribution in [0.15, 0.2) is 78.4 Å². The minimum atomic E-state index is -0.811. The summed E-state index contributed by atoms with van der Waals surface area (Å²) in [7, 11) is 3.14. The maximum atomic E-state index is 13.4. The first kappa shape index (κ1) is 25.8. The maximum Gasteiger partial charge on any atom is 0.295 e. The fourth-order valence-corrected chi connectivity index (χ4v) is 4.48. The summed E-state index contributed by atoms with van der Waals surface area (Å²) in [6, 6.07) is 20.9. The molecule has 3 aromatic carbocycles. The van der Waals surface area contributed by atoms with Gasteiger partial charge in [-0.3, -0.25) is 9.59 Å². The van der Waals surface area contributed by atoms with Gasteiger partial charge < -0.3 is 24.2 Å². The fourth-order valence-electron chi connectivity index (χ4n) is 4.48. The van der Waals surface area contributed by atoms with Gasteiger partial charge in [-0.2, -0.15) is 0 Å². The van der Waals surface area contributed by atoms with Crippen LogP contribution in [-0.2, 0) is 16.0 Å². The van der Waals surface area contributed by atoms with E-state index in [1.54, 1.807) is 37.4 Å². The number of likely N-dealkylation sites (tertiary alicyclic amines) is 1. The number of hydrogen-bond donors (Lipinski definition) is 1. The van der Waals surface area contributed by atoms with E-state index >= 15 is 0 Å². The van der Waals surface area contributed by atoms with Crippen LogP contribution < -0.4 is 14.2 Å². The van der Waals surface area contributed by atoms with Crippen molar-refractivity contribution in [1.29, 1.82) is 0 Å². The molecule has 0 aromatic heterocycles. The van der Waals surface area contributed by atoms with E-state index < -0.39 is 17.7 Å². The number of aliphatic hydroxyl groups is 1. The summed E-state index contributed by atoms with van der Waals surface area (Å²) in [5, 5.41) is 11.4. The molecule has 0 aliphatic carbocycles. The highest BCUT2D eigenvalue weighted by atomic mass is 16.5. The van der Waals surface area contributed by atoms with Crippen LogP contribution in [-0.4, -0.2) is 49.1 Å². The Labute approximate surface area is 216 Å². The van der Waals surface area contributed by atoms with E-state index in [2.05, 4.69) is 0 Å². The molecule has 7 heteroatoms. The predicted octanol–water partition coefficient (Wildman–Crippen LogP) is 5.16. The molecular formula is C30H31NO6. The van der Waals surface area contributed by atoms with Crippen LogP contribution in [0.3, 0.4) is 0 Å². The van der Waals surface area contributed by atoms with Gasteiger partial charge in [0.2, 0.25) is 0 Å². The van der Waals surface area contributed by atoms with Crippen molar-refractivity contribution in [3.05, 3.63) is 95.1 Å². The van der Waals surface area contributed by atoms with Gasteiger partial charge in [0.05, 0.1) is 32.4 Å². The number of Topliss-reactive ketones (excluding diaryl/α,β-unsaturated/α-hetero) is 1. The second-order valence-electron chi connectivity index (χ2n) is 8.71. The summed E-state index contributed by atoms with van der Waals surface area (Å²) in [5.74, 6) is 0.196. The molecule has 1 unspecified atom stereocenters. The molecule has 1 aliphatic heterocycles. The third-order valence-electron chi connectivity index (χ3n) is 6.35. The third kappa shape index (κ3) is 5.45. The van der Waals surface area contributed by atoms with Crippen LogP contribution in [0.1, 0.15) is 36.1 Å². The van der Waals surface area contributed by atoms with E-state index in [0.717, 1.165) is 17.7 Å². The minimum Gasteiger partial charge on any atom is -0.507 e. The molecule has 4 rings (SSSR count). The topological polar surface area (TPSA) is 85.3 Å². The number of methoxy groups -OCH3 is 2. The number of hydrogen-bond acceptors (Lipinski definition) is 6. The predicted molar refractivity (Wildman–Crippen MR) is 141 cm³/mol. The van der Waals surface area contributed by atoms with Crippen LogP contribution in [0.5, 0.6) is 17.2 Å². The number of aliphatic hydroxyl groups excluding tert-OH is 1. The Kier molecular flexibility index (Phi) is 8.13. The molecule has 1 N–H and O–H groups in total. The Bertz CT molecular complexity index is 1300. The number of carbonyl (C=O) groups is 2. The molecule has 1 fully saturated rings. The summed E-state index contributed by atoms with van der Waals surface area (Å²) in [4.78, 5) is 28.2. The van der Waals surface area contributed by atoms with E-state index in [9.17, 15) is 14.7 Å². The molecule has 0 bridgehead atoms. The van der Waals surface area contributed by atoms with Gasteiger partial charge in [-0.15, -0.1) is 0 Å². The van der Waals surface area contributed by atoms with Crippen LogP contribution in [0.25, 0.3) is 5.76 Å². The summed E-state index contributed by atoms with van der Waals surface area (Å²) in [6.45, 7) is 2.81. The standard InChI is InChI=1S/C30H31NO6/c1-4-18-37-23-9-7-8-21(19-23)28(32)26-27(24-10-5-6-11-25(24)36-3)31(30(34)29(26)33)17-16-20-12-14-22(35-2)15-13-20/h5-15,19,27,32H,4,16-18H2,1-3H3/b28-26-. The van der Waals surface area contributed by atoms with Crippen molar-refractivity contribution in [3.63, 3.8) is 0 Å². The quantitative estimate of drug-likeness (QED) is 0.235. The third-order valence-corrected chi connectivity index (χ3v) is 6.35. The Balaban J connectivity index is 1.76. The number of nitrogens with zero attached hydrogens (tertiary/aromatic N) is 1. The van der Waals surface area contributed by atoms with E-state index in [0.29, 0.717) is 35.7 Å². The summed E-state index contributed by atoms with van der Waals surface area (Å²) >= 11 is 0. The Morgan fingerprint density at radius 1 is 0.919 bits per heavy atom. The highest BCUT2D eigenvalue weighted by molar-refractivity contribution is 6.46. The smallest absolute Gasteiger partial charge is 0.295 e. The number of rotatable bonds is 10. The molecule has 7 nitrogen and oxygen atoms in total. The number of ether oxygens (including phenoxy) is 3. The summed E-state index contributed by atoms with van der Waals surface area (Å²) < 4.78 is 16.5. The molecule has 0 saturated carbocycles.